The van der Waals surface area contributed by atoms with Gasteiger partial charge < -0.3 is 14.8 Å². The van der Waals surface area contributed by atoms with Crippen LogP contribution in [0.3, 0.4) is 0 Å². The van der Waals surface area contributed by atoms with Crippen molar-refractivity contribution in [3.05, 3.63) is 22.2 Å². The zero-order valence-electron chi connectivity index (χ0n) is 12.5. The van der Waals surface area contributed by atoms with Gasteiger partial charge in [0, 0.05) is 12.6 Å². The molecule has 0 amide bonds. The second kappa shape index (κ2) is 7.50. The zero-order valence-corrected chi connectivity index (χ0v) is 14.1. The average Bonchev–Trinajstić information content (AvgIpc) is 2.46. The van der Waals surface area contributed by atoms with Crippen molar-refractivity contribution in [1.29, 1.82) is 0 Å². The van der Waals surface area contributed by atoms with Gasteiger partial charge in [-0.25, -0.2) is 0 Å². The molecule has 0 atom stereocenters. The van der Waals surface area contributed by atoms with E-state index in [0.29, 0.717) is 19.3 Å². The Labute approximate surface area is 135 Å². The predicted molar refractivity (Wildman–Crippen MR) is 88.1 cm³/mol. The Kier molecular flexibility index (Phi) is 5.42. The Morgan fingerprint density at radius 3 is 2.52 bits per heavy atom. The van der Waals surface area contributed by atoms with Crippen LogP contribution in [0.4, 0.5) is 0 Å². The largest absolute Gasteiger partial charge is 0.486 e. The number of hydrogen-bond acceptors (Lipinski definition) is 3. The molecule has 116 valence electrons. The lowest BCUT2D eigenvalue weighted by molar-refractivity contribution is 0.170. The molecule has 1 fully saturated rings. The third-order valence-electron chi connectivity index (χ3n) is 4.36. The number of rotatable bonds is 3. The molecule has 1 heterocycles. The summed E-state index contributed by atoms with van der Waals surface area (Å²) in [5, 5.41) is 3.72. The molecule has 1 aliphatic carbocycles. The van der Waals surface area contributed by atoms with Crippen molar-refractivity contribution in [3.63, 3.8) is 0 Å². The monoisotopic (exact) mass is 353 g/mol. The summed E-state index contributed by atoms with van der Waals surface area (Å²) in [7, 11) is 0. The van der Waals surface area contributed by atoms with E-state index in [2.05, 4.69) is 33.4 Å². The molecule has 0 bridgehead atoms. The molecular formula is C17H24BrNO2. The van der Waals surface area contributed by atoms with E-state index in [9.17, 15) is 0 Å². The molecule has 1 aliphatic heterocycles. The van der Waals surface area contributed by atoms with Crippen LogP contribution in [0.5, 0.6) is 11.5 Å². The van der Waals surface area contributed by atoms with Gasteiger partial charge in [0.15, 0.2) is 11.5 Å². The third kappa shape index (κ3) is 4.13. The van der Waals surface area contributed by atoms with Crippen molar-refractivity contribution in [1.82, 2.24) is 5.32 Å². The van der Waals surface area contributed by atoms with E-state index < -0.39 is 0 Å². The van der Waals surface area contributed by atoms with E-state index in [1.165, 1.54) is 50.5 Å². The summed E-state index contributed by atoms with van der Waals surface area (Å²) >= 11 is 3.59. The second-order valence-electron chi connectivity index (χ2n) is 6.02. The van der Waals surface area contributed by atoms with Gasteiger partial charge in [-0.15, -0.1) is 0 Å². The highest BCUT2D eigenvalue weighted by molar-refractivity contribution is 9.10. The molecule has 0 radical (unpaired) electrons. The van der Waals surface area contributed by atoms with Crippen LogP contribution in [0.1, 0.15) is 50.5 Å². The van der Waals surface area contributed by atoms with Crippen molar-refractivity contribution in [2.45, 2.75) is 57.5 Å². The minimum Gasteiger partial charge on any atom is -0.486 e. The molecule has 0 unspecified atom stereocenters. The van der Waals surface area contributed by atoms with E-state index >= 15 is 0 Å². The molecule has 1 N–H and O–H groups in total. The standard InChI is InChI=1S/C17H24BrNO2/c18-15-10-13(11-16-17(15)21-9-8-20-16)12-19-14-6-4-2-1-3-5-7-14/h10-11,14,19H,1-9,12H2. The van der Waals surface area contributed by atoms with E-state index in [-0.39, 0.29) is 0 Å². The molecule has 4 heteroatoms. The lowest BCUT2D eigenvalue weighted by atomic mass is 9.96. The van der Waals surface area contributed by atoms with E-state index in [1.807, 2.05) is 0 Å². The highest BCUT2D eigenvalue weighted by Crippen LogP contribution is 2.38. The fraction of sp³-hybridized carbons (Fsp3) is 0.647. The topological polar surface area (TPSA) is 30.5 Å². The van der Waals surface area contributed by atoms with Crippen LogP contribution in [-0.4, -0.2) is 19.3 Å². The van der Waals surface area contributed by atoms with Crippen molar-refractivity contribution in [2.24, 2.45) is 0 Å². The summed E-state index contributed by atoms with van der Waals surface area (Å²) in [6, 6.07) is 4.91. The highest BCUT2D eigenvalue weighted by atomic mass is 79.9. The first-order chi connectivity index (χ1) is 10.3. The SMILES string of the molecule is Brc1cc(CNC2CCCCCCC2)cc2c1OCCO2. The normalized spacial score (nSPS) is 19.9. The summed E-state index contributed by atoms with van der Waals surface area (Å²) < 4.78 is 12.3. The molecular weight excluding hydrogens is 330 g/mol. The third-order valence-corrected chi connectivity index (χ3v) is 4.95. The van der Waals surface area contributed by atoms with Crippen LogP contribution in [0.15, 0.2) is 16.6 Å². The predicted octanol–water partition coefficient (Wildman–Crippen LogP) is 4.42. The lowest BCUT2D eigenvalue weighted by Gasteiger charge is -2.23. The minimum atomic E-state index is 0.630. The Morgan fingerprint density at radius 1 is 1.00 bits per heavy atom. The van der Waals surface area contributed by atoms with Crippen molar-refractivity contribution >= 4 is 15.9 Å². The maximum absolute atomic E-state index is 5.69. The average molecular weight is 354 g/mol. The first-order valence-corrected chi connectivity index (χ1v) is 8.93. The maximum Gasteiger partial charge on any atom is 0.175 e. The van der Waals surface area contributed by atoms with Gasteiger partial charge >= 0.3 is 0 Å². The molecule has 21 heavy (non-hydrogen) atoms. The molecule has 2 aliphatic rings. The number of nitrogens with one attached hydrogen (secondary N) is 1. The van der Waals surface area contributed by atoms with Crippen LogP contribution in [-0.2, 0) is 6.54 Å². The summed E-state index contributed by atoms with van der Waals surface area (Å²) in [6.45, 7) is 2.17. The molecule has 3 nitrogen and oxygen atoms in total. The number of halogens is 1. The van der Waals surface area contributed by atoms with Crippen molar-refractivity contribution < 1.29 is 9.47 Å². The summed E-state index contributed by atoms with van der Waals surface area (Å²) in [4.78, 5) is 0. The first kappa shape index (κ1) is 15.2. The Morgan fingerprint density at radius 2 is 1.71 bits per heavy atom. The Balaban J connectivity index is 1.60. The molecule has 0 spiro atoms. The van der Waals surface area contributed by atoms with Gasteiger partial charge in [0.1, 0.15) is 13.2 Å². The summed E-state index contributed by atoms with van der Waals surface area (Å²) in [6.07, 6.45) is 9.56. The van der Waals surface area contributed by atoms with Crippen LogP contribution < -0.4 is 14.8 Å². The summed E-state index contributed by atoms with van der Waals surface area (Å²) in [5.41, 5.74) is 1.26. The number of hydrogen-bond donors (Lipinski definition) is 1. The molecule has 1 aromatic carbocycles. The van der Waals surface area contributed by atoms with Crippen LogP contribution >= 0.6 is 15.9 Å². The molecule has 3 rings (SSSR count). The van der Waals surface area contributed by atoms with Gasteiger partial charge in [0.2, 0.25) is 0 Å². The van der Waals surface area contributed by atoms with Gasteiger partial charge in [-0.05, 0) is 46.5 Å². The lowest BCUT2D eigenvalue weighted by Crippen LogP contribution is -2.29. The second-order valence-corrected chi connectivity index (χ2v) is 6.88. The van der Waals surface area contributed by atoms with E-state index in [0.717, 1.165) is 22.5 Å². The minimum absolute atomic E-state index is 0.630. The van der Waals surface area contributed by atoms with Crippen molar-refractivity contribution in [2.75, 3.05) is 13.2 Å². The number of fused-ring (bicyclic) bond motifs is 1. The van der Waals surface area contributed by atoms with Gasteiger partial charge in [-0.3, -0.25) is 0 Å². The van der Waals surface area contributed by atoms with Crippen LogP contribution in [0.2, 0.25) is 0 Å². The highest BCUT2D eigenvalue weighted by Gasteiger charge is 2.17. The fourth-order valence-electron chi connectivity index (χ4n) is 3.19. The van der Waals surface area contributed by atoms with Crippen LogP contribution in [0.25, 0.3) is 0 Å². The molecule has 0 saturated heterocycles. The van der Waals surface area contributed by atoms with E-state index in [1.54, 1.807) is 0 Å². The van der Waals surface area contributed by atoms with E-state index in [4.69, 9.17) is 9.47 Å². The van der Waals surface area contributed by atoms with Gasteiger partial charge in [0.05, 0.1) is 4.47 Å². The Hall–Kier alpha value is -0.740. The van der Waals surface area contributed by atoms with Crippen molar-refractivity contribution in [3.8, 4) is 11.5 Å². The number of benzene rings is 1. The zero-order chi connectivity index (χ0) is 14.5. The fourth-order valence-corrected chi connectivity index (χ4v) is 3.79. The maximum atomic E-state index is 5.69. The summed E-state index contributed by atoms with van der Waals surface area (Å²) in [5.74, 6) is 1.71. The first-order valence-electron chi connectivity index (χ1n) is 8.14. The van der Waals surface area contributed by atoms with Gasteiger partial charge in [0.25, 0.3) is 0 Å². The smallest absolute Gasteiger partial charge is 0.175 e. The molecule has 1 saturated carbocycles. The van der Waals surface area contributed by atoms with Gasteiger partial charge in [-0.1, -0.05) is 32.1 Å². The molecule has 1 aromatic rings. The quantitative estimate of drug-likeness (QED) is 0.872. The van der Waals surface area contributed by atoms with Gasteiger partial charge in [-0.2, -0.15) is 0 Å². The van der Waals surface area contributed by atoms with Crippen LogP contribution in [0, 0.1) is 0 Å². The molecule has 0 aromatic heterocycles. The Bertz CT molecular complexity index is 470. The number of ether oxygens (including phenoxy) is 2.